The highest BCUT2D eigenvalue weighted by Gasteiger charge is 2.74. The summed E-state index contributed by atoms with van der Waals surface area (Å²) < 4.78 is -1.51. The van der Waals surface area contributed by atoms with Gasteiger partial charge in [0.1, 0.15) is 6.04 Å². The summed E-state index contributed by atoms with van der Waals surface area (Å²) in [7, 11) is 1.77. The minimum absolute atomic E-state index is 0.0704. The fourth-order valence-electron chi connectivity index (χ4n) is 6.54. The average molecular weight is 510 g/mol. The van der Waals surface area contributed by atoms with Gasteiger partial charge in [-0.3, -0.25) is 14.4 Å². The molecule has 4 aliphatic heterocycles. The van der Waals surface area contributed by atoms with Gasteiger partial charge in [0.05, 0.1) is 29.2 Å². The molecule has 8 heteroatoms. The van der Waals surface area contributed by atoms with Gasteiger partial charge in [0, 0.05) is 31.4 Å². The van der Waals surface area contributed by atoms with Gasteiger partial charge in [0.2, 0.25) is 17.7 Å². The molecular weight excluding hydrogens is 474 g/mol. The molecule has 6 atom stereocenters. The third-order valence-corrected chi connectivity index (χ3v) is 10.1. The monoisotopic (exact) mass is 509 g/mol. The highest BCUT2D eigenvalue weighted by Crippen LogP contribution is 2.66. The van der Waals surface area contributed by atoms with Crippen molar-refractivity contribution in [1.82, 2.24) is 14.7 Å². The number of hydrogen-bond donors (Lipinski definition) is 1. The second-order valence-electron chi connectivity index (χ2n) is 10.5. The number of aliphatic hydroxyl groups is 1. The first-order chi connectivity index (χ1) is 17.3. The zero-order valence-corrected chi connectivity index (χ0v) is 22.0. The zero-order valence-electron chi connectivity index (χ0n) is 21.2. The fourth-order valence-corrected chi connectivity index (χ4v) is 8.69. The van der Waals surface area contributed by atoms with Crippen LogP contribution < -0.4 is 0 Å². The third-order valence-electron chi connectivity index (χ3n) is 8.25. The van der Waals surface area contributed by atoms with E-state index < -0.39 is 33.4 Å². The van der Waals surface area contributed by atoms with Crippen molar-refractivity contribution in [3.8, 4) is 0 Å². The largest absolute Gasteiger partial charge is 0.394 e. The Hall–Kier alpha value is -2.58. The maximum absolute atomic E-state index is 14.5. The lowest BCUT2D eigenvalue weighted by Gasteiger charge is -2.40. The molecule has 36 heavy (non-hydrogen) atoms. The number of rotatable bonds is 6. The van der Waals surface area contributed by atoms with Crippen molar-refractivity contribution in [2.75, 3.05) is 33.3 Å². The lowest BCUT2D eigenvalue weighted by Crippen LogP contribution is -2.54. The number of aliphatic hydroxyl groups excluding tert-OH is 1. The molecule has 0 bridgehead atoms. The molecule has 2 fully saturated rings. The summed E-state index contributed by atoms with van der Waals surface area (Å²) in [6.07, 6.45) is 9.93. The summed E-state index contributed by atoms with van der Waals surface area (Å²) >= 11 is 1.58. The Morgan fingerprint density at radius 2 is 1.75 bits per heavy atom. The van der Waals surface area contributed by atoms with E-state index in [4.69, 9.17) is 0 Å². The van der Waals surface area contributed by atoms with Crippen LogP contribution in [0.3, 0.4) is 0 Å². The van der Waals surface area contributed by atoms with E-state index in [-0.39, 0.29) is 24.3 Å². The van der Waals surface area contributed by atoms with Crippen LogP contribution in [0.1, 0.15) is 38.3 Å². The second kappa shape index (κ2) is 9.38. The standard InChI is InChI=1S/C28H35N3O4S/c1-4-5-16-30-17-10-14-28-22(21-24(33)29(3)15-9-13-27(21,2)36-28)25(34)31(23(28)26(30)35)20(18-32)19-11-7-6-8-12-19/h6-14,20-23,32H,4-5,15-18H2,1-3H3/t20-,21+,22+,23?,27-,28+/m1/s1. The second-order valence-corrected chi connectivity index (χ2v) is 12.3. The topological polar surface area (TPSA) is 81.2 Å². The number of thioether (sulfide) groups is 1. The van der Waals surface area contributed by atoms with E-state index in [1.54, 1.807) is 28.6 Å². The lowest BCUT2D eigenvalue weighted by atomic mass is 9.74. The molecule has 7 nitrogen and oxygen atoms in total. The van der Waals surface area contributed by atoms with Crippen LogP contribution in [-0.2, 0) is 14.4 Å². The van der Waals surface area contributed by atoms with E-state index in [0.29, 0.717) is 19.6 Å². The Morgan fingerprint density at radius 1 is 1.03 bits per heavy atom. The number of carbonyl (C=O) groups excluding carboxylic acids is 3. The Bertz CT molecular complexity index is 1110. The van der Waals surface area contributed by atoms with E-state index >= 15 is 0 Å². The van der Waals surface area contributed by atoms with Crippen LogP contribution in [0.2, 0.25) is 0 Å². The quantitative estimate of drug-likeness (QED) is 0.597. The first kappa shape index (κ1) is 25.1. The predicted octanol–water partition coefficient (Wildman–Crippen LogP) is 2.63. The van der Waals surface area contributed by atoms with E-state index in [0.717, 1.165) is 18.4 Å². The van der Waals surface area contributed by atoms with Crippen LogP contribution in [0.15, 0.2) is 54.6 Å². The van der Waals surface area contributed by atoms with Crippen LogP contribution in [-0.4, -0.2) is 86.4 Å². The fraction of sp³-hybridized carbons (Fsp3) is 0.536. The molecule has 4 aliphatic rings. The molecule has 1 N–H and O–H groups in total. The molecule has 0 aliphatic carbocycles. The van der Waals surface area contributed by atoms with Gasteiger partial charge in [-0.1, -0.05) is 68.0 Å². The van der Waals surface area contributed by atoms with Gasteiger partial charge in [0.15, 0.2) is 0 Å². The number of carbonyl (C=O) groups is 3. The van der Waals surface area contributed by atoms with Crippen LogP contribution >= 0.6 is 11.8 Å². The summed E-state index contributed by atoms with van der Waals surface area (Å²) in [5.41, 5.74) is 0.779. The molecule has 0 saturated carbocycles. The third kappa shape index (κ3) is 3.64. The molecule has 3 amide bonds. The van der Waals surface area contributed by atoms with Crippen LogP contribution in [0.25, 0.3) is 0 Å². The van der Waals surface area contributed by atoms with Crippen LogP contribution in [0.4, 0.5) is 0 Å². The van der Waals surface area contributed by atoms with Gasteiger partial charge in [-0.15, -0.1) is 11.8 Å². The number of fused-ring (bicyclic) bond motifs is 2. The number of likely N-dealkylation sites (tertiary alicyclic amines) is 1. The molecular formula is C28H35N3O4S. The number of nitrogens with zero attached hydrogens (tertiary/aromatic N) is 3. The van der Waals surface area contributed by atoms with Crippen molar-refractivity contribution in [1.29, 1.82) is 0 Å². The molecule has 2 saturated heterocycles. The Balaban J connectivity index is 1.68. The van der Waals surface area contributed by atoms with Crippen molar-refractivity contribution >= 4 is 29.5 Å². The zero-order chi connectivity index (χ0) is 25.7. The molecule has 1 aromatic carbocycles. The number of benzene rings is 1. The lowest BCUT2D eigenvalue weighted by molar-refractivity contribution is -0.147. The van der Waals surface area contributed by atoms with Gasteiger partial charge in [-0.05, 0) is 18.9 Å². The SMILES string of the molecule is CCCCN1CC=C[C@]23S[C@]4(C)C=CCN(C)C(=O)[C@@H]4[C@H]2C(=O)N([C@H](CO)c2ccccc2)C3C1=O. The van der Waals surface area contributed by atoms with Crippen molar-refractivity contribution in [3.63, 3.8) is 0 Å². The predicted molar refractivity (Wildman–Crippen MR) is 140 cm³/mol. The Morgan fingerprint density at radius 3 is 2.44 bits per heavy atom. The van der Waals surface area contributed by atoms with Crippen LogP contribution in [0.5, 0.6) is 0 Å². The minimum Gasteiger partial charge on any atom is -0.394 e. The van der Waals surface area contributed by atoms with Gasteiger partial charge in [-0.2, -0.15) is 0 Å². The molecule has 1 spiro atoms. The highest BCUT2D eigenvalue weighted by molar-refractivity contribution is 8.02. The summed E-state index contributed by atoms with van der Waals surface area (Å²) in [6.45, 7) is 5.40. The average Bonchev–Trinajstić information content (AvgIpc) is 3.15. The van der Waals surface area contributed by atoms with Crippen molar-refractivity contribution in [3.05, 3.63) is 60.2 Å². The highest BCUT2D eigenvalue weighted by atomic mass is 32.2. The van der Waals surface area contributed by atoms with E-state index in [1.165, 1.54) is 0 Å². The number of amides is 3. The summed E-state index contributed by atoms with van der Waals surface area (Å²) in [6, 6.07) is 7.92. The molecule has 0 radical (unpaired) electrons. The van der Waals surface area contributed by atoms with Crippen LogP contribution in [0, 0.1) is 11.8 Å². The molecule has 4 heterocycles. The molecule has 1 unspecified atom stereocenters. The van der Waals surface area contributed by atoms with Gasteiger partial charge in [0.25, 0.3) is 0 Å². The smallest absolute Gasteiger partial charge is 0.247 e. The van der Waals surface area contributed by atoms with Crippen molar-refractivity contribution < 1.29 is 19.5 Å². The maximum Gasteiger partial charge on any atom is 0.247 e. The molecule has 1 aromatic rings. The van der Waals surface area contributed by atoms with Crippen molar-refractivity contribution in [2.24, 2.45) is 11.8 Å². The van der Waals surface area contributed by atoms with E-state index in [9.17, 15) is 19.5 Å². The summed E-state index contributed by atoms with van der Waals surface area (Å²) in [5, 5.41) is 10.6. The first-order valence-electron chi connectivity index (χ1n) is 12.9. The summed E-state index contributed by atoms with van der Waals surface area (Å²) in [4.78, 5) is 47.6. The number of unbranched alkanes of at least 4 members (excludes halogenated alkanes) is 1. The van der Waals surface area contributed by atoms with Gasteiger partial charge < -0.3 is 19.8 Å². The number of likely N-dealkylation sites (N-methyl/N-ethyl adjacent to an activating group) is 1. The number of hydrogen-bond acceptors (Lipinski definition) is 5. The van der Waals surface area contributed by atoms with Gasteiger partial charge in [-0.25, -0.2) is 0 Å². The molecule has 192 valence electrons. The minimum atomic E-state index is -0.894. The van der Waals surface area contributed by atoms with Gasteiger partial charge >= 0.3 is 0 Å². The van der Waals surface area contributed by atoms with Crippen molar-refractivity contribution in [2.45, 2.75) is 48.3 Å². The normalized spacial score (nSPS) is 34.4. The molecule has 5 rings (SSSR count). The summed E-state index contributed by atoms with van der Waals surface area (Å²) in [5.74, 6) is -1.69. The van der Waals surface area contributed by atoms with E-state index in [1.807, 2.05) is 60.4 Å². The first-order valence-corrected chi connectivity index (χ1v) is 13.7. The Kier molecular flexibility index (Phi) is 6.53. The van der Waals surface area contributed by atoms with E-state index in [2.05, 4.69) is 13.0 Å². The molecule has 0 aromatic heterocycles. The Labute approximate surface area is 217 Å². The maximum atomic E-state index is 14.5.